The summed E-state index contributed by atoms with van der Waals surface area (Å²) in [6, 6.07) is 12.4. The van der Waals surface area contributed by atoms with E-state index in [4.69, 9.17) is 9.15 Å². The highest BCUT2D eigenvalue weighted by Crippen LogP contribution is 2.22. The van der Waals surface area contributed by atoms with Crippen LogP contribution < -0.4 is 10.6 Å². The van der Waals surface area contributed by atoms with Gasteiger partial charge in [0.05, 0.1) is 6.26 Å². The lowest BCUT2D eigenvalue weighted by molar-refractivity contribution is 0.0702. The Kier molecular flexibility index (Phi) is 5.15. The first-order valence-corrected chi connectivity index (χ1v) is 8.08. The number of amides is 2. The average Bonchev–Trinajstić information content (AvgIpc) is 3.10. The van der Waals surface area contributed by atoms with Gasteiger partial charge in [-0.25, -0.2) is 4.79 Å². The maximum absolute atomic E-state index is 12.0. The topological polar surface area (TPSA) is 80.6 Å². The SMILES string of the molecule is O=C(Nc1ccccc1)OC1CCCC(NC(=O)c2ccco2)C1. The predicted molar refractivity (Wildman–Crippen MR) is 88.8 cm³/mol. The monoisotopic (exact) mass is 328 g/mol. The molecule has 0 saturated heterocycles. The number of para-hydroxylation sites is 1. The fourth-order valence-corrected chi connectivity index (χ4v) is 2.87. The molecule has 0 bridgehead atoms. The highest BCUT2D eigenvalue weighted by atomic mass is 16.6. The Morgan fingerprint density at radius 2 is 1.92 bits per heavy atom. The van der Waals surface area contributed by atoms with Crippen molar-refractivity contribution in [3.63, 3.8) is 0 Å². The zero-order valence-electron chi connectivity index (χ0n) is 13.2. The Morgan fingerprint density at radius 3 is 2.67 bits per heavy atom. The van der Waals surface area contributed by atoms with Crippen molar-refractivity contribution in [1.82, 2.24) is 5.32 Å². The average molecular weight is 328 g/mol. The van der Waals surface area contributed by atoms with E-state index in [2.05, 4.69) is 10.6 Å². The minimum absolute atomic E-state index is 0.0223. The van der Waals surface area contributed by atoms with Gasteiger partial charge in [-0.2, -0.15) is 0 Å². The molecule has 2 aromatic rings. The van der Waals surface area contributed by atoms with Crippen LogP contribution in [0, 0.1) is 0 Å². The van der Waals surface area contributed by atoms with Crippen molar-refractivity contribution in [2.24, 2.45) is 0 Å². The molecule has 1 aliphatic carbocycles. The number of ether oxygens (including phenoxy) is 1. The fourth-order valence-electron chi connectivity index (χ4n) is 2.87. The van der Waals surface area contributed by atoms with Crippen LogP contribution in [0.25, 0.3) is 0 Å². The van der Waals surface area contributed by atoms with E-state index < -0.39 is 6.09 Å². The minimum atomic E-state index is -0.468. The van der Waals surface area contributed by atoms with Gasteiger partial charge in [-0.3, -0.25) is 10.1 Å². The molecule has 1 fully saturated rings. The molecule has 2 amide bonds. The van der Waals surface area contributed by atoms with Crippen LogP contribution in [0.1, 0.15) is 36.2 Å². The molecule has 0 aliphatic heterocycles. The van der Waals surface area contributed by atoms with E-state index in [1.54, 1.807) is 24.3 Å². The molecule has 1 aromatic heterocycles. The minimum Gasteiger partial charge on any atom is -0.459 e. The van der Waals surface area contributed by atoms with E-state index in [0.29, 0.717) is 17.9 Å². The Labute approximate surface area is 140 Å². The van der Waals surface area contributed by atoms with E-state index in [-0.39, 0.29) is 18.1 Å². The summed E-state index contributed by atoms with van der Waals surface area (Å²) >= 11 is 0. The number of hydrogen-bond donors (Lipinski definition) is 2. The van der Waals surface area contributed by atoms with Crippen LogP contribution in [-0.4, -0.2) is 24.1 Å². The lowest BCUT2D eigenvalue weighted by Gasteiger charge is -2.29. The molecule has 126 valence electrons. The smallest absolute Gasteiger partial charge is 0.411 e. The maximum Gasteiger partial charge on any atom is 0.411 e. The summed E-state index contributed by atoms with van der Waals surface area (Å²) in [6.45, 7) is 0. The number of carbonyl (C=O) groups is 2. The number of carbonyl (C=O) groups excluding carboxylic acids is 2. The predicted octanol–water partition coefficient (Wildman–Crippen LogP) is 3.57. The van der Waals surface area contributed by atoms with E-state index in [9.17, 15) is 9.59 Å². The van der Waals surface area contributed by atoms with Crippen LogP contribution in [0.3, 0.4) is 0 Å². The van der Waals surface area contributed by atoms with E-state index in [1.807, 2.05) is 18.2 Å². The molecular formula is C18H20N2O4. The van der Waals surface area contributed by atoms with Crippen LogP contribution >= 0.6 is 0 Å². The van der Waals surface area contributed by atoms with Crippen LogP contribution in [-0.2, 0) is 4.74 Å². The number of rotatable bonds is 4. The first-order valence-electron chi connectivity index (χ1n) is 8.08. The van der Waals surface area contributed by atoms with Crippen LogP contribution in [0.15, 0.2) is 53.1 Å². The summed E-state index contributed by atoms with van der Waals surface area (Å²) in [4.78, 5) is 24.0. The molecule has 1 saturated carbocycles. The van der Waals surface area contributed by atoms with Gasteiger partial charge in [0.15, 0.2) is 5.76 Å². The van der Waals surface area contributed by atoms with Crippen molar-refractivity contribution < 1.29 is 18.7 Å². The molecule has 1 aliphatic rings. The summed E-state index contributed by atoms with van der Waals surface area (Å²) in [7, 11) is 0. The Morgan fingerprint density at radius 1 is 1.08 bits per heavy atom. The molecular weight excluding hydrogens is 308 g/mol. The maximum atomic E-state index is 12.0. The number of hydrogen-bond acceptors (Lipinski definition) is 4. The summed E-state index contributed by atoms with van der Waals surface area (Å²) < 4.78 is 10.6. The van der Waals surface area contributed by atoms with Gasteiger partial charge in [-0.15, -0.1) is 0 Å². The third-order valence-electron chi connectivity index (χ3n) is 4.00. The highest BCUT2D eigenvalue weighted by Gasteiger charge is 2.26. The second kappa shape index (κ2) is 7.68. The van der Waals surface area contributed by atoms with Crippen LogP contribution in [0.4, 0.5) is 10.5 Å². The molecule has 1 heterocycles. The largest absolute Gasteiger partial charge is 0.459 e. The lowest BCUT2D eigenvalue weighted by Crippen LogP contribution is -2.41. The molecule has 2 atom stereocenters. The first kappa shape index (κ1) is 16.1. The van der Waals surface area contributed by atoms with E-state index in [0.717, 1.165) is 19.3 Å². The summed E-state index contributed by atoms with van der Waals surface area (Å²) in [5.41, 5.74) is 0.695. The Balaban J connectivity index is 1.48. The molecule has 0 spiro atoms. The van der Waals surface area contributed by atoms with E-state index >= 15 is 0 Å². The van der Waals surface area contributed by atoms with E-state index in [1.165, 1.54) is 6.26 Å². The number of benzene rings is 1. The van der Waals surface area contributed by atoms with Gasteiger partial charge in [0.25, 0.3) is 5.91 Å². The van der Waals surface area contributed by atoms with Gasteiger partial charge in [0.1, 0.15) is 6.10 Å². The van der Waals surface area contributed by atoms with Crippen molar-refractivity contribution in [2.75, 3.05) is 5.32 Å². The molecule has 6 heteroatoms. The van der Waals surface area contributed by atoms with Crippen molar-refractivity contribution in [1.29, 1.82) is 0 Å². The standard InChI is InChI=1S/C18H20N2O4/c21-17(16-10-5-11-23-16)19-14-8-4-9-15(12-14)24-18(22)20-13-6-2-1-3-7-13/h1-3,5-7,10-11,14-15H,4,8-9,12H2,(H,19,21)(H,20,22). The normalized spacial score (nSPS) is 20.2. The van der Waals surface area contributed by atoms with Crippen LogP contribution in [0.5, 0.6) is 0 Å². The molecule has 3 rings (SSSR count). The lowest BCUT2D eigenvalue weighted by atomic mass is 9.93. The van der Waals surface area contributed by atoms with Gasteiger partial charge in [-0.05, 0) is 43.5 Å². The Hall–Kier alpha value is -2.76. The second-order valence-corrected chi connectivity index (χ2v) is 5.83. The summed E-state index contributed by atoms with van der Waals surface area (Å²) in [5.74, 6) is 0.0549. The Bertz CT molecular complexity index is 670. The summed E-state index contributed by atoms with van der Waals surface area (Å²) in [6.07, 6.45) is 3.96. The number of furan rings is 1. The van der Waals surface area contributed by atoms with Gasteiger partial charge in [0.2, 0.25) is 0 Å². The third kappa shape index (κ3) is 4.38. The molecule has 6 nitrogen and oxygen atoms in total. The highest BCUT2D eigenvalue weighted by molar-refractivity contribution is 5.91. The molecule has 24 heavy (non-hydrogen) atoms. The quantitative estimate of drug-likeness (QED) is 0.899. The number of anilines is 1. The van der Waals surface area contributed by atoms with Crippen molar-refractivity contribution >= 4 is 17.7 Å². The van der Waals surface area contributed by atoms with Crippen molar-refractivity contribution in [3.05, 3.63) is 54.5 Å². The number of nitrogens with one attached hydrogen (secondary N) is 2. The molecule has 2 N–H and O–H groups in total. The van der Waals surface area contributed by atoms with Gasteiger partial charge < -0.3 is 14.5 Å². The van der Waals surface area contributed by atoms with Gasteiger partial charge in [-0.1, -0.05) is 18.2 Å². The summed E-state index contributed by atoms with van der Waals surface area (Å²) in [5, 5.41) is 5.63. The van der Waals surface area contributed by atoms with Crippen molar-refractivity contribution in [3.8, 4) is 0 Å². The first-order chi connectivity index (χ1) is 11.7. The van der Waals surface area contributed by atoms with Crippen molar-refractivity contribution in [2.45, 2.75) is 37.8 Å². The van der Waals surface area contributed by atoms with Crippen LogP contribution in [0.2, 0.25) is 0 Å². The second-order valence-electron chi connectivity index (χ2n) is 5.83. The molecule has 0 radical (unpaired) electrons. The van der Waals surface area contributed by atoms with Gasteiger partial charge >= 0.3 is 6.09 Å². The molecule has 2 unspecified atom stereocenters. The van der Waals surface area contributed by atoms with Gasteiger partial charge in [0, 0.05) is 18.2 Å². The zero-order chi connectivity index (χ0) is 16.8. The third-order valence-corrected chi connectivity index (χ3v) is 4.00. The zero-order valence-corrected chi connectivity index (χ0v) is 13.2. The molecule has 1 aromatic carbocycles. The fraction of sp³-hybridized carbons (Fsp3) is 0.333.